The third-order valence-corrected chi connectivity index (χ3v) is 5.66. The Morgan fingerprint density at radius 1 is 1.13 bits per heavy atom. The van der Waals surface area contributed by atoms with E-state index < -0.39 is 9.52 Å². The molecule has 2 saturated heterocycles. The lowest BCUT2D eigenvalue weighted by Crippen LogP contribution is -2.51. The quantitative estimate of drug-likeness (QED) is 0.598. The van der Waals surface area contributed by atoms with E-state index in [1.807, 2.05) is 0 Å². The summed E-state index contributed by atoms with van der Waals surface area (Å²) < 4.78 is 11.7. The fraction of sp³-hybridized carbons (Fsp3) is 0.909. The minimum atomic E-state index is -1.70. The summed E-state index contributed by atoms with van der Waals surface area (Å²) in [5.41, 5.74) is 0. The zero-order chi connectivity index (χ0) is 10.9. The zero-order valence-corrected chi connectivity index (χ0v) is 10.5. The third-order valence-electron chi connectivity index (χ3n) is 3.70. The Kier molecular flexibility index (Phi) is 3.38. The molecule has 2 rings (SSSR count). The van der Waals surface area contributed by atoms with Crippen LogP contribution in [-0.4, -0.2) is 70.7 Å². The topological polar surface area (TPSA) is 23.6 Å². The van der Waals surface area contributed by atoms with Gasteiger partial charge in [-0.05, 0) is 35.3 Å². The highest BCUT2D eigenvalue weighted by molar-refractivity contribution is 8.00. The van der Waals surface area contributed by atoms with Crippen molar-refractivity contribution in [1.29, 1.82) is 0 Å². The molecule has 0 aromatic heterocycles. The van der Waals surface area contributed by atoms with Crippen molar-refractivity contribution in [3.05, 3.63) is 0 Å². The van der Waals surface area contributed by atoms with Gasteiger partial charge in [0, 0.05) is 43.7 Å². The molecule has 15 heavy (non-hydrogen) atoms. The van der Waals surface area contributed by atoms with E-state index in [4.69, 9.17) is 0 Å². The van der Waals surface area contributed by atoms with E-state index in [-0.39, 0.29) is 0 Å². The summed E-state index contributed by atoms with van der Waals surface area (Å²) >= 11 is 0. The maximum Gasteiger partial charge on any atom is 0.0173 e. The van der Waals surface area contributed by atoms with Crippen molar-refractivity contribution < 1.29 is 4.21 Å². The molecule has 2 heterocycles. The fourth-order valence-electron chi connectivity index (χ4n) is 2.50. The number of hydrogen-bond donors (Lipinski definition) is 0. The molecule has 0 unspecified atom stereocenters. The molecule has 0 aromatic carbocycles. The SMILES string of the molecule is C=S1(=O)CCC(N2CCN(C)CC2)CC1. The maximum absolute atomic E-state index is 11.7. The molecule has 0 radical (unpaired) electrons. The van der Waals surface area contributed by atoms with Crippen LogP contribution in [0.1, 0.15) is 12.8 Å². The van der Waals surface area contributed by atoms with Crippen molar-refractivity contribution in [2.45, 2.75) is 18.9 Å². The highest BCUT2D eigenvalue weighted by Gasteiger charge is 2.26. The first-order chi connectivity index (χ1) is 7.07. The molecule has 0 amide bonds. The van der Waals surface area contributed by atoms with Crippen molar-refractivity contribution in [1.82, 2.24) is 9.80 Å². The van der Waals surface area contributed by atoms with Crippen LogP contribution in [0.25, 0.3) is 0 Å². The van der Waals surface area contributed by atoms with Gasteiger partial charge in [-0.1, -0.05) is 0 Å². The summed E-state index contributed by atoms with van der Waals surface area (Å²) in [6, 6.07) is 0.676. The summed E-state index contributed by atoms with van der Waals surface area (Å²) in [7, 11) is 0.479. The van der Waals surface area contributed by atoms with E-state index in [1.165, 1.54) is 26.2 Å². The van der Waals surface area contributed by atoms with Gasteiger partial charge in [-0.3, -0.25) is 9.11 Å². The van der Waals surface area contributed by atoms with E-state index in [1.54, 1.807) is 0 Å². The Bertz CT molecular complexity index is 291. The summed E-state index contributed by atoms with van der Waals surface area (Å²) in [5.74, 6) is 5.50. The Balaban J connectivity index is 1.86. The Labute approximate surface area is 93.4 Å². The molecule has 0 atom stereocenters. The normalized spacial score (nSPS) is 40.5. The van der Waals surface area contributed by atoms with Crippen LogP contribution in [-0.2, 0) is 9.52 Å². The molecule has 88 valence electrons. The molecule has 0 aromatic rings. The van der Waals surface area contributed by atoms with E-state index in [0.29, 0.717) is 6.04 Å². The maximum atomic E-state index is 11.7. The van der Waals surface area contributed by atoms with Crippen molar-refractivity contribution >= 4 is 15.4 Å². The number of rotatable bonds is 1. The van der Waals surface area contributed by atoms with E-state index >= 15 is 0 Å². The molecular weight excluding hydrogens is 208 g/mol. The van der Waals surface area contributed by atoms with Gasteiger partial charge in [-0.2, -0.15) is 0 Å². The van der Waals surface area contributed by atoms with E-state index in [2.05, 4.69) is 22.7 Å². The second-order valence-electron chi connectivity index (χ2n) is 4.94. The van der Waals surface area contributed by atoms with Crippen LogP contribution in [0.4, 0.5) is 0 Å². The number of hydrogen-bond acceptors (Lipinski definition) is 3. The van der Waals surface area contributed by atoms with E-state index in [9.17, 15) is 4.21 Å². The van der Waals surface area contributed by atoms with Crippen molar-refractivity contribution in [2.75, 3.05) is 44.7 Å². The lowest BCUT2D eigenvalue weighted by Gasteiger charge is -2.40. The smallest absolute Gasteiger partial charge is 0.0173 e. The molecule has 0 saturated carbocycles. The summed E-state index contributed by atoms with van der Waals surface area (Å²) in [6.45, 7) is 4.71. The summed E-state index contributed by atoms with van der Waals surface area (Å²) in [6.07, 6.45) is 2.18. The molecule has 0 spiro atoms. The monoisotopic (exact) mass is 230 g/mol. The van der Waals surface area contributed by atoms with Crippen molar-refractivity contribution in [3.63, 3.8) is 0 Å². The minimum Gasteiger partial charge on any atom is -0.304 e. The average molecular weight is 230 g/mol. The predicted octanol–water partition coefficient (Wildman–Crippen LogP) is 0.113. The molecule has 0 aliphatic carbocycles. The van der Waals surface area contributed by atoms with Crippen LogP contribution < -0.4 is 0 Å². The highest BCUT2D eigenvalue weighted by atomic mass is 32.2. The second kappa shape index (κ2) is 4.44. The molecule has 3 nitrogen and oxygen atoms in total. The van der Waals surface area contributed by atoms with Gasteiger partial charge in [-0.25, -0.2) is 0 Å². The average Bonchev–Trinajstić information content (AvgIpc) is 2.20. The zero-order valence-electron chi connectivity index (χ0n) is 9.65. The van der Waals surface area contributed by atoms with E-state index in [0.717, 1.165) is 24.3 Å². The van der Waals surface area contributed by atoms with Crippen LogP contribution in [0.2, 0.25) is 0 Å². The van der Waals surface area contributed by atoms with Crippen molar-refractivity contribution in [3.8, 4) is 0 Å². The van der Waals surface area contributed by atoms with Crippen molar-refractivity contribution in [2.24, 2.45) is 0 Å². The molecule has 4 heteroatoms. The van der Waals surface area contributed by atoms with Gasteiger partial charge >= 0.3 is 0 Å². The lowest BCUT2D eigenvalue weighted by atomic mass is 10.1. The lowest BCUT2D eigenvalue weighted by molar-refractivity contribution is 0.106. The largest absolute Gasteiger partial charge is 0.304 e. The number of piperazine rings is 1. The summed E-state index contributed by atoms with van der Waals surface area (Å²) in [4.78, 5) is 4.96. The van der Waals surface area contributed by atoms with Crippen LogP contribution in [0, 0.1) is 0 Å². The van der Waals surface area contributed by atoms with Gasteiger partial charge in [0.25, 0.3) is 0 Å². The Hall–Kier alpha value is -0.0600. The standard InChI is InChI=1S/C11H22N2OS/c1-12-5-7-13(8-6-12)11-3-9-15(2,14)10-4-11/h11H,2-10H2,1H3. The Morgan fingerprint density at radius 3 is 2.20 bits per heavy atom. The molecule has 2 aliphatic heterocycles. The molecule has 2 fully saturated rings. The predicted molar refractivity (Wildman–Crippen MR) is 67.1 cm³/mol. The highest BCUT2D eigenvalue weighted by Crippen LogP contribution is 2.19. The van der Waals surface area contributed by atoms with Crippen LogP contribution in [0.5, 0.6) is 0 Å². The minimum absolute atomic E-state index is 0.676. The third kappa shape index (κ3) is 2.95. The number of nitrogens with zero attached hydrogens (tertiary/aromatic N) is 2. The second-order valence-corrected chi connectivity index (χ2v) is 7.69. The van der Waals surface area contributed by atoms with Gasteiger partial charge in [0.05, 0.1) is 0 Å². The van der Waals surface area contributed by atoms with Gasteiger partial charge in [0.2, 0.25) is 0 Å². The summed E-state index contributed by atoms with van der Waals surface area (Å²) in [5, 5.41) is 0. The fourth-order valence-corrected chi connectivity index (χ4v) is 4.11. The first kappa shape index (κ1) is 11.4. The Morgan fingerprint density at radius 2 is 1.67 bits per heavy atom. The first-order valence-electron chi connectivity index (χ1n) is 5.82. The molecule has 0 N–H and O–H groups in total. The first-order valence-corrected chi connectivity index (χ1v) is 7.88. The number of likely N-dealkylation sites (N-methyl/N-ethyl adjacent to an activating group) is 1. The van der Waals surface area contributed by atoms with Crippen LogP contribution in [0.3, 0.4) is 0 Å². The van der Waals surface area contributed by atoms with Crippen LogP contribution in [0.15, 0.2) is 0 Å². The molecule has 0 bridgehead atoms. The van der Waals surface area contributed by atoms with Gasteiger partial charge < -0.3 is 4.90 Å². The molecular formula is C11H22N2OS. The van der Waals surface area contributed by atoms with Crippen LogP contribution >= 0.6 is 0 Å². The van der Waals surface area contributed by atoms with Gasteiger partial charge in [0.1, 0.15) is 0 Å². The van der Waals surface area contributed by atoms with Gasteiger partial charge in [0.15, 0.2) is 0 Å². The molecule has 2 aliphatic rings. The van der Waals surface area contributed by atoms with Gasteiger partial charge in [-0.15, -0.1) is 0 Å².